The molecule has 0 saturated heterocycles. The standard InChI is InChI=1S/C14H20BrFN2O3/c1-20-14(21-2)9-17-8-13(19)18-12(16)7-10-4-3-5-11(15)6-10/h3-6,12,14,17H,7-9H2,1-2H3,(H,18,19). The topological polar surface area (TPSA) is 59.6 Å². The zero-order chi connectivity index (χ0) is 15.7. The molecule has 0 aliphatic heterocycles. The first-order valence-corrected chi connectivity index (χ1v) is 7.28. The average molecular weight is 363 g/mol. The van der Waals surface area contributed by atoms with Crippen molar-refractivity contribution >= 4 is 21.8 Å². The normalized spacial score (nSPS) is 12.4. The number of halogens is 2. The molecule has 118 valence electrons. The lowest BCUT2D eigenvalue weighted by atomic mass is 10.1. The molecule has 7 heteroatoms. The average Bonchev–Trinajstić information content (AvgIpc) is 2.43. The van der Waals surface area contributed by atoms with Gasteiger partial charge in [0.05, 0.1) is 6.54 Å². The Bertz CT molecular complexity index is 444. The van der Waals surface area contributed by atoms with Gasteiger partial charge in [0.1, 0.15) is 0 Å². The maximum atomic E-state index is 13.8. The summed E-state index contributed by atoms with van der Waals surface area (Å²) in [6.07, 6.45) is -1.72. The molecule has 0 saturated carbocycles. The second-order valence-corrected chi connectivity index (χ2v) is 5.32. The number of alkyl halides is 1. The summed E-state index contributed by atoms with van der Waals surface area (Å²) >= 11 is 3.32. The van der Waals surface area contributed by atoms with E-state index in [1.165, 1.54) is 14.2 Å². The van der Waals surface area contributed by atoms with Gasteiger partial charge in [-0.25, -0.2) is 4.39 Å². The molecule has 1 unspecified atom stereocenters. The third-order valence-electron chi connectivity index (χ3n) is 2.74. The molecule has 0 aromatic heterocycles. The first kappa shape index (κ1) is 18.0. The Kier molecular flexibility index (Phi) is 8.44. The van der Waals surface area contributed by atoms with Gasteiger partial charge in [0.2, 0.25) is 5.91 Å². The van der Waals surface area contributed by atoms with E-state index >= 15 is 0 Å². The van der Waals surface area contributed by atoms with E-state index in [4.69, 9.17) is 9.47 Å². The van der Waals surface area contributed by atoms with E-state index in [1.807, 2.05) is 24.3 Å². The van der Waals surface area contributed by atoms with Crippen LogP contribution >= 0.6 is 15.9 Å². The second kappa shape index (κ2) is 9.83. The number of methoxy groups -OCH3 is 2. The summed E-state index contributed by atoms with van der Waals surface area (Å²) in [5, 5.41) is 5.12. The number of amides is 1. The van der Waals surface area contributed by atoms with Crippen LogP contribution in [0.1, 0.15) is 5.56 Å². The zero-order valence-electron chi connectivity index (χ0n) is 12.1. The molecule has 1 aromatic carbocycles. The fraction of sp³-hybridized carbons (Fsp3) is 0.500. The van der Waals surface area contributed by atoms with Gasteiger partial charge >= 0.3 is 0 Å². The third-order valence-corrected chi connectivity index (χ3v) is 3.24. The van der Waals surface area contributed by atoms with Crippen LogP contribution in [0.25, 0.3) is 0 Å². The lowest BCUT2D eigenvalue weighted by Gasteiger charge is -2.15. The quantitative estimate of drug-likeness (QED) is 0.517. The number of ether oxygens (including phenoxy) is 2. The Morgan fingerprint density at radius 3 is 2.71 bits per heavy atom. The molecular weight excluding hydrogens is 343 g/mol. The SMILES string of the molecule is COC(CNCC(=O)NC(F)Cc1cccc(Br)c1)OC. The van der Waals surface area contributed by atoms with Crippen LogP contribution in [0.15, 0.2) is 28.7 Å². The Labute approximate surface area is 132 Å². The summed E-state index contributed by atoms with van der Waals surface area (Å²) in [5.41, 5.74) is 0.809. The van der Waals surface area contributed by atoms with Crippen molar-refractivity contribution in [2.45, 2.75) is 19.0 Å². The number of carbonyl (C=O) groups is 1. The number of nitrogens with one attached hydrogen (secondary N) is 2. The summed E-state index contributed by atoms with van der Waals surface area (Å²) in [7, 11) is 3.01. The van der Waals surface area contributed by atoms with Crippen LogP contribution in [0.4, 0.5) is 4.39 Å². The van der Waals surface area contributed by atoms with Gasteiger partial charge in [-0.15, -0.1) is 0 Å². The van der Waals surface area contributed by atoms with Gasteiger partial charge in [0, 0.05) is 31.7 Å². The second-order valence-electron chi connectivity index (χ2n) is 4.40. The van der Waals surface area contributed by atoms with E-state index < -0.39 is 18.5 Å². The van der Waals surface area contributed by atoms with Crippen molar-refractivity contribution in [3.05, 3.63) is 34.3 Å². The van der Waals surface area contributed by atoms with Crippen LogP contribution in [0, 0.1) is 0 Å². The van der Waals surface area contributed by atoms with Gasteiger partial charge in [0.15, 0.2) is 12.6 Å². The minimum absolute atomic E-state index is 0.00211. The van der Waals surface area contributed by atoms with E-state index in [9.17, 15) is 9.18 Å². The highest BCUT2D eigenvalue weighted by molar-refractivity contribution is 9.10. The third kappa shape index (κ3) is 7.52. The summed E-state index contributed by atoms with van der Waals surface area (Å²) in [6, 6.07) is 7.31. The van der Waals surface area contributed by atoms with E-state index in [-0.39, 0.29) is 13.0 Å². The van der Waals surface area contributed by atoms with E-state index in [2.05, 4.69) is 26.6 Å². The monoisotopic (exact) mass is 362 g/mol. The zero-order valence-corrected chi connectivity index (χ0v) is 13.7. The van der Waals surface area contributed by atoms with Crippen LogP contribution in [0.2, 0.25) is 0 Å². The number of hydrogen-bond acceptors (Lipinski definition) is 4. The molecule has 0 aliphatic rings. The number of carbonyl (C=O) groups excluding carboxylic acids is 1. The van der Waals surface area contributed by atoms with Gasteiger partial charge in [-0.1, -0.05) is 28.1 Å². The van der Waals surface area contributed by atoms with Crippen molar-refractivity contribution in [3.8, 4) is 0 Å². The number of rotatable bonds is 9. The molecule has 0 bridgehead atoms. The Morgan fingerprint density at radius 2 is 2.10 bits per heavy atom. The van der Waals surface area contributed by atoms with Gasteiger partial charge in [-0.05, 0) is 17.7 Å². The summed E-state index contributed by atoms with van der Waals surface area (Å²) < 4.78 is 24.6. The molecule has 0 aliphatic carbocycles. The fourth-order valence-corrected chi connectivity index (χ4v) is 2.16. The number of hydrogen-bond donors (Lipinski definition) is 2. The highest BCUT2D eigenvalue weighted by Gasteiger charge is 2.12. The Balaban J connectivity index is 2.27. The molecule has 0 radical (unpaired) electrons. The largest absolute Gasteiger partial charge is 0.355 e. The Morgan fingerprint density at radius 1 is 1.38 bits per heavy atom. The van der Waals surface area contributed by atoms with Crippen LogP contribution in [-0.2, 0) is 20.7 Å². The molecule has 0 fully saturated rings. The molecule has 21 heavy (non-hydrogen) atoms. The van der Waals surface area contributed by atoms with Crippen molar-refractivity contribution in [1.29, 1.82) is 0 Å². The van der Waals surface area contributed by atoms with E-state index in [0.717, 1.165) is 10.0 Å². The van der Waals surface area contributed by atoms with E-state index in [1.54, 1.807) is 0 Å². The number of benzene rings is 1. The van der Waals surface area contributed by atoms with Crippen LogP contribution in [0.5, 0.6) is 0 Å². The molecule has 2 N–H and O–H groups in total. The summed E-state index contributed by atoms with van der Waals surface area (Å²) in [6.45, 7) is 0.352. The fourth-order valence-electron chi connectivity index (χ4n) is 1.71. The minimum Gasteiger partial charge on any atom is -0.355 e. The molecule has 0 spiro atoms. The van der Waals surface area contributed by atoms with Gasteiger partial charge in [-0.3, -0.25) is 4.79 Å². The van der Waals surface area contributed by atoms with Crippen molar-refractivity contribution in [2.75, 3.05) is 27.3 Å². The maximum absolute atomic E-state index is 13.8. The molecule has 5 nitrogen and oxygen atoms in total. The van der Waals surface area contributed by atoms with Crippen LogP contribution in [-0.4, -0.2) is 45.8 Å². The van der Waals surface area contributed by atoms with Gasteiger partial charge in [0.25, 0.3) is 0 Å². The minimum atomic E-state index is -1.42. The predicted molar refractivity (Wildman–Crippen MR) is 81.6 cm³/mol. The lowest BCUT2D eigenvalue weighted by molar-refractivity contribution is -0.123. The van der Waals surface area contributed by atoms with Crippen LogP contribution < -0.4 is 10.6 Å². The molecule has 1 atom stereocenters. The van der Waals surface area contributed by atoms with Crippen molar-refractivity contribution in [3.63, 3.8) is 0 Å². The molecule has 1 rings (SSSR count). The summed E-state index contributed by atoms with van der Waals surface area (Å²) in [5.74, 6) is -0.413. The van der Waals surface area contributed by atoms with Crippen molar-refractivity contribution in [1.82, 2.24) is 10.6 Å². The Hall–Kier alpha value is -1.02. The molecule has 0 heterocycles. The highest BCUT2D eigenvalue weighted by Crippen LogP contribution is 2.13. The van der Waals surface area contributed by atoms with Crippen molar-refractivity contribution < 1.29 is 18.7 Å². The molecular formula is C14H20BrFN2O3. The maximum Gasteiger partial charge on any atom is 0.236 e. The lowest BCUT2D eigenvalue weighted by Crippen LogP contribution is -2.41. The molecule has 1 aromatic rings. The first-order valence-electron chi connectivity index (χ1n) is 6.49. The van der Waals surface area contributed by atoms with Gasteiger partial charge in [-0.2, -0.15) is 0 Å². The smallest absolute Gasteiger partial charge is 0.236 e. The van der Waals surface area contributed by atoms with Crippen molar-refractivity contribution in [2.24, 2.45) is 0 Å². The first-order chi connectivity index (χ1) is 10.0. The van der Waals surface area contributed by atoms with Crippen LogP contribution in [0.3, 0.4) is 0 Å². The summed E-state index contributed by atoms with van der Waals surface area (Å²) in [4.78, 5) is 11.6. The van der Waals surface area contributed by atoms with E-state index in [0.29, 0.717) is 6.54 Å². The predicted octanol–water partition coefficient (Wildman–Crippen LogP) is 1.61. The van der Waals surface area contributed by atoms with Gasteiger partial charge < -0.3 is 20.1 Å². The highest BCUT2D eigenvalue weighted by atomic mass is 79.9. The molecule has 1 amide bonds.